The van der Waals surface area contributed by atoms with Gasteiger partial charge in [-0.3, -0.25) is 4.79 Å². The molecule has 2 rings (SSSR count). The minimum absolute atomic E-state index is 0.0883. The van der Waals surface area contributed by atoms with Gasteiger partial charge in [-0.05, 0) is 31.6 Å². The van der Waals surface area contributed by atoms with E-state index in [-0.39, 0.29) is 23.7 Å². The SMILES string of the molecule is NC(=NO)C(NC(=O)C1CCCCCCC1)C1CC1. The summed E-state index contributed by atoms with van der Waals surface area (Å²) in [6.45, 7) is 0. The van der Waals surface area contributed by atoms with Crippen LogP contribution in [0.4, 0.5) is 0 Å². The molecule has 5 nitrogen and oxygen atoms in total. The fraction of sp³-hybridized carbons (Fsp3) is 0.857. The molecule has 0 radical (unpaired) electrons. The van der Waals surface area contributed by atoms with Crippen LogP contribution in [-0.4, -0.2) is 23.0 Å². The summed E-state index contributed by atoms with van der Waals surface area (Å²) < 4.78 is 0. The Morgan fingerprint density at radius 1 is 1.11 bits per heavy atom. The molecule has 0 aromatic heterocycles. The van der Waals surface area contributed by atoms with Crippen molar-refractivity contribution >= 4 is 11.7 Å². The third-order valence-electron chi connectivity index (χ3n) is 4.30. The van der Waals surface area contributed by atoms with Crippen molar-refractivity contribution < 1.29 is 10.0 Å². The fourth-order valence-corrected chi connectivity index (χ4v) is 2.91. The highest BCUT2D eigenvalue weighted by Crippen LogP contribution is 2.33. The van der Waals surface area contributed by atoms with E-state index < -0.39 is 0 Å². The normalized spacial score (nSPS) is 24.3. The van der Waals surface area contributed by atoms with Crippen LogP contribution in [0.15, 0.2) is 5.16 Å². The van der Waals surface area contributed by atoms with Gasteiger partial charge in [0.15, 0.2) is 5.84 Å². The van der Waals surface area contributed by atoms with Crippen LogP contribution in [0, 0.1) is 11.8 Å². The van der Waals surface area contributed by atoms with Gasteiger partial charge in [0.1, 0.15) is 0 Å². The summed E-state index contributed by atoms with van der Waals surface area (Å²) in [6, 6.07) is -0.275. The monoisotopic (exact) mass is 267 g/mol. The van der Waals surface area contributed by atoms with Gasteiger partial charge in [-0.25, -0.2) is 0 Å². The molecule has 0 spiro atoms. The maximum atomic E-state index is 12.3. The van der Waals surface area contributed by atoms with E-state index in [1.54, 1.807) is 0 Å². The van der Waals surface area contributed by atoms with E-state index in [4.69, 9.17) is 10.9 Å². The molecule has 2 aliphatic carbocycles. The molecule has 0 bridgehead atoms. The quantitative estimate of drug-likeness (QED) is 0.315. The van der Waals surface area contributed by atoms with Crippen LogP contribution in [0.1, 0.15) is 57.8 Å². The maximum Gasteiger partial charge on any atom is 0.223 e. The molecule has 1 amide bonds. The summed E-state index contributed by atoms with van der Waals surface area (Å²) in [7, 11) is 0. The maximum absolute atomic E-state index is 12.3. The molecular weight excluding hydrogens is 242 g/mol. The average molecular weight is 267 g/mol. The lowest BCUT2D eigenvalue weighted by Crippen LogP contribution is -2.48. The summed E-state index contributed by atoms with van der Waals surface area (Å²) in [4.78, 5) is 12.3. The summed E-state index contributed by atoms with van der Waals surface area (Å²) in [5.74, 6) is 0.688. The Bertz CT molecular complexity index is 332. The summed E-state index contributed by atoms with van der Waals surface area (Å²) in [5, 5.41) is 14.9. The molecule has 2 saturated carbocycles. The lowest BCUT2D eigenvalue weighted by molar-refractivity contribution is -0.126. The first-order valence-corrected chi connectivity index (χ1v) is 7.50. The second kappa shape index (κ2) is 6.78. The van der Waals surface area contributed by atoms with E-state index in [0.29, 0.717) is 5.92 Å². The molecule has 0 aromatic carbocycles. The van der Waals surface area contributed by atoms with Crippen LogP contribution in [0.25, 0.3) is 0 Å². The molecule has 1 unspecified atom stereocenters. The second-order valence-electron chi connectivity index (χ2n) is 5.89. The van der Waals surface area contributed by atoms with Crippen LogP contribution >= 0.6 is 0 Å². The second-order valence-corrected chi connectivity index (χ2v) is 5.89. The summed E-state index contributed by atoms with van der Waals surface area (Å²) >= 11 is 0. The standard InChI is InChI=1S/C14H25N3O2/c15-13(17-19)12(10-8-9-10)16-14(18)11-6-4-2-1-3-5-7-11/h10-12,19H,1-9H2,(H2,15,17)(H,16,18). The van der Waals surface area contributed by atoms with Crippen molar-refractivity contribution in [3.8, 4) is 0 Å². The van der Waals surface area contributed by atoms with Gasteiger partial charge in [-0.1, -0.05) is 37.3 Å². The number of nitrogens with zero attached hydrogens (tertiary/aromatic N) is 1. The lowest BCUT2D eigenvalue weighted by atomic mass is 9.90. The number of carbonyl (C=O) groups is 1. The number of rotatable bonds is 4. The Morgan fingerprint density at radius 2 is 1.68 bits per heavy atom. The van der Waals surface area contributed by atoms with Gasteiger partial charge in [-0.15, -0.1) is 0 Å². The van der Waals surface area contributed by atoms with Crippen LogP contribution in [0.3, 0.4) is 0 Å². The lowest BCUT2D eigenvalue weighted by Gasteiger charge is -2.23. The Kier molecular flexibility index (Phi) is 5.05. The number of oxime groups is 1. The largest absolute Gasteiger partial charge is 0.409 e. The van der Waals surface area contributed by atoms with Crippen molar-refractivity contribution in [3.63, 3.8) is 0 Å². The first-order valence-electron chi connectivity index (χ1n) is 7.50. The number of hydrogen-bond acceptors (Lipinski definition) is 3. The van der Waals surface area contributed by atoms with Crippen LogP contribution in [-0.2, 0) is 4.79 Å². The molecule has 108 valence electrons. The van der Waals surface area contributed by atoms with Crippen LogP contribution < -0.4 is 11.1 Å². The molecule has 0 aromatic rings. The van der Waals surface area contributed by atoms with Crippen LogP contribution in [0.5, 0.6) is 0 Å². The Morgan fingerprint density at radius 3 is 2.21 bits per heavy atom. The molecule has 2 fully saturated rings. The minimum Gasteiger partial charge on any atom is -0.409 e. The van der Waals surface area contributed by atoms with Gasteiger partial charge in [0.25, 0.3) is 0 Å². The van der Waals surface area contributed by atoms with Gasteiger partial charge in [-0.2, -0.15) is 0 Å². The summed E-state index contributed by atoms with van der Waals surface area (Å²) in [5.41, 5.74) is 5.68. The van der Waals surface area contributed by atoms with Gasteiger partial charge in [0.2, 0.25) is 5.91 Å². The molecule has 19 heavy (non-hydrogen) atoms. The number of hydrogen-bond donors (Lipinski definition) is 3. The zero-order chi connectivity index (χ0) is 13.7. The smallest absolute Gasteiger partial charge is 0.223 e. The van der Waals surface area contributed by atoms with Gasteiger partial charge >= 0.3 is 0 Å². The predicted octanol–water partition coefficient (Wildman–Crippen LogP) is 1.99. The highest BCUT2D eigenvalue weighted by Gasteiger charge is 2.36. The van der Waals surface area contributed by atoms with E-state index in [1.807, 2.05) is 0 Å². The molecular formula is C14H25N3O2. The van der Waals surface area contributed by atoms with E-state index in [2.05, 4.69) is 10.5 Å². The van der Waals surface area contributed by atoms with E-state index >= 15 is 0 Å². The number of nitrogens with two attached hydrogens (primary N) is 1. The molecule has 5 heteroatoms. The molecule has 4 N–H and O–H groups in total. The third kappa shape index (κ3) is 4.11. The van der Waals surface area contributed by atoms with Crippen molar-refractivity contribution in [3.05, 3.63) is 0 Å². The summed E-state index contributed by atoms with van der Waals surface area (Å²) in [6.07, 6.45) is 10.1. The number of nitrogens with one attached hydrogen (secondary N) is 1. The Hall–Kier alpha value is -1.26. The number of amidine groups is 1. The molecule has 0 heterocycles. The molecule has 0 aliphatic heterocycles. The van der Waals surface area contributed by atoms with E-state index in [0.717, 1.165) is 38.5 Å². The zero-order valence-electron chi connectivity index (χ0n) is 11.5. The molecule has 1 atom stereocenters. The minimum atomic E-state index is -0.275. The van der Waals surface area contributed by atoms with Gasteiger partial charge in [0.05, 0.1) is 6.04 Å². The third-order valence-corrected chi connectivity index (χ3v) is 4.30. The predicted molar refractivity (Wildman–Crippen MR) is 73.9 cm³/mol. The number of amides is 1. The van der Waals surface area contributed by atoms with Crippen molar-refractivity contribution in [1.82, 2.24) is 5.32 Å². The average Bonchev–Trinajstić information content (AvgIpc) is 3.18. The van der Waals surface area contributed by atoms with Gasteiger partial charge < -0.3 is 16.3 Å². The Labute approximate surface area is 114 Å². The van der Waals surface area contributed by atoms with Gasteiger partial charge in [0, 0.05) is 5.92 Å². The molecule has 0 saturated heterocycles. The fourth-order valence-electron chi connectivity index (χ4n) is 2.91. The van der Waals surface area contributed by atoms with Crippen molar-refractivity contribution in [2.75, 3.05) is 0 Å². The first kappa shape index (κ1) is 14.2. The van der Waals surface area contributed by atoms with E-state index in [9.17, 15) is 4.79 Å². The highest BCUT2D eigenvalue weighted by atomic mass is 16.4. The van der Waals surface area contributed by atoms with Crippen molar-refractivity contribution in [1.29, 1.82) is 0 Å². The highest BCUT2D eigenvalue weighted by molar-refractivity contribution is 5.91. The van der Waals surface area contributed by atoms with Crippen LogP contribution in [0.2, 0.25) is 0 Å². The first-order chi connectivity index (χ1) is 9.22. The number of carbonyl (C=O) groups excluding carboxylic acids is 1. The topological polar surface area (TPSA) is 87.7 Å². The van der Waals surface area contributed by atoms with E-state index in [1.165, 1.54) is 19.3 Å². The zero-order valence-corrected chi connectivity index (χ0v) is 11.5. The van der Waals surface area contributed by atoms with Crippen molar-refractivity contribution in [2.45, 2.75) is 63.8 Å². The Balaban J connectivity index is 1.90. The van der Waals surface area contributed by atoms with Crippen molar-refractivity contribution in [2.24, 2.45) is 22.7 Å². The molecule has 2 aliphatic rings.